The molecule has 0 spiro atoms. The molecular weight excluding hydrogens is 528 g/mol. The van der Waals surface area contributed by atoms with Crippen molar-refractivity contribution in [3.8, 4) is 0 Å². The first-order chi connectivity index (χ1) is 18.2. The zero-order valence-corrected chi connectivity index (χ0v) is 23.3. The van der Waals surface area contributed by atoms with Gasteiger partial charge in [0.05, 0.1) is 23.2 Å². The minimum Gasteiger partial charge on any atom is -0.481 e. The number of anilines is 1. The number of aliphatic carboxylic acids is 1. The van der Waals surface area contributed by atoms with Crippen LogP contribution in [0.5, 0.6) is 0 Å². The Bertz CT molecular complexity index is 1180. The molecule has 12 heteroatoms. The summed E-state index contributed by atoms with van der Waals surface area (Å²) in [5, 5.41) is 17.2. The minimum absolute atomic E-state index is 0.0786. The second-order valence-corrected chi connectivity index (χ2v) is 11.7. The molecule has 0 aromatic heterocycles. The number of carboxylic acids is 1. The number of piperidine rings is 1. The van der Waals surface area contributed by atoms with Gasteiger partial charge in [-0.25, -0.2) is 0 Å². The Labute approximate surface area is 232 Å². The molecule has 3 rings (SSSR count). The molecule has 11 nitrogen and oxygen atoms in total. The second-order valence-electron chi connectivity index (χ2n) is 11.3. The van der Waals surface area contributed by atoms with Gasteiger partial charge < -0.3 is 30.8 Å². The Morgan fingerprint density at radius 1 is 1.21 bits per heavy atom. The molecule has 0 unspecified atom stereocenters. The maximum absolute atomic E-state index is 14.0. The molecule has 1 saturated heterocycles. The summed E-state index contributed by atoms with van der Waals surface area (Å²) in [6.07, 6.45) is 1.56. The van der Waals surface area contributed by atoms with Crippen molar-refractivity contribution >= 4 is 53.2 Å². The van der Waals surface area contributed by atoms with Gasteiger partial charge in [0.1, 0.15) is 17.9 Å². The maximum atomic E-state index is 14.0. The van der Waals surface area contributed by atoms with Crippen molar-refractivity contribution in [3.63, 3.8) is 0 Å². The van der Waals surface area contributed by atoms with Crippen LogP contribution in [0, 0.1) is 11.3 Å². The molecule has 1 aromatic carbocycles. The molecule has 2 bridgehead atoms. The van der Waals surface area contributed by atoms with E-state index < -0.39 is 53.1 Å². The van der Waals surface area contributed by atoms with E-state index in [-0.39, 0.29) is 28.8 Å². The number of fused-ring (bicyclic) bond motifs is 2. The summed E-state index contributed by atoms with van der Waals surface area (Å²) in [4.78, 5) is 76.2. The van der Waals surface area contributed by atoms with Gasteiger partial charge >= 0.3 is 5.97 Å². The number of hydrogen-bond donors (Lipinski definition) is 4. The highest BCUT2D eigenvalue weighted by Crippen LogP contribution is 2.47. The maximum Gasteiger partial charge on any atom is 0.305 e. The van der Waals surface area contributed by atoms with Gasteiger partial charge in [-0.15, -0.1) is 0 Å². The van der Waals surface area contributed by atoms with Crippen molar-refractivity contribution < 1.29 is 33.9 Å². The van der Waals surface area contributed by atoms with Crippen molar-refractivity contribution in [2.24, 2.45) is 11.3 Å². The molecule has 1 aromatic rings. The summed E-state index contributed by atoms with van der Waals surface area (Å²) in [5.41, 5.74) is -1.41. The van der Waals surface area contributed by atoms with Crippen LogP contribution in [0.3, 0.4) is 0 Å². The first kappa shape index (κ1) is 30.1. The molecule has 212 valence electrons. The zero-order chi connectivity index (χ0) is 29.1. The largest absolute Gasteiger partial charge is 0.481 e. The lowest BCUT2D eigenvalue weighted by Gasteiger charge is -2.42. The molecule has 39 heavy (non-hydrogen) atoms. The van der Waals surface area contributed by atoms with E-state index in [4.69, 9.17) is 16.7 Å². The molecule has 4 N–H and O–H groups in total. The number of halogens is 1. The normalized spacial score (nSPS) is 21.6. The summed E-state index contributed by atoms with van der Waals surface area (Å²) in [7, 11) is 0. The predicted molar refractivity (Wildman–Crippen MR) is 143 cm³/mol. The Morgan fingerprint density at radius 2 is 1.90 bits per heavy atom. The van der Waals surface area contributed by atoms with Crippen LogP contribution in [-0.2, 0) is 24.0 Å². The Morgan fingerprint density at radius 3 is 2.44 bits per heavy atom. The number of carbonyl (C=O) groups excluding carboxylic acids is 5. The number of nitrogens with zero attached hydrogens (tertiary/aromatic N) is 1. The molecule has 2 aliphatic rings. The Hall–Kier alpha value is -3.47. The fraction of sp³-hybridized carbons (Fsp3) is 0.556. The summed E-state index contributed by atoms with van der Waals surface area (Å²) >= 11 is 6.27. The topological polar surface area (TPSA) is 162 Å². The van der Waals surface area contributed by atoms with Crippen LogP contribution in [0.1, 0.15) is 70.2 Å². The first-order valence-electron chi connectivity index (χ1n) is 12.9. The van der Waals surface area contributed by atoms with Gasteiger partial charge in [0.15, 0.2) is 0 Å². The summed E-state index contributed by atoms with van der Waals surface area (Å²) in [6.45, 7) is 7.40. The lowest BCUT2D eigenvalue weighted by Crippen LogP contribution is -2.64. The van der Waals surface area contributed by atoms with Crippen LogP contribution < -0.4 is 16.0 Å². The monoisotopic (exact) mass is 562 g/mol. The van der Waals surface area contributed by atoms with Gasteiger partial charge in [0.25, 0.3) is 5.91 Å². The minimum atomic E-state index is -1.23. The summed E-state index contributed by atoms with van der Waals surface area (Å²) in [5.74, 6) is -2.94. The van der Waals surface area contributed by atoms with Crippen molar-refractivity contribution in [2.45, 2.75) is 77.4 Å². The van der Waals surface area contributed by atoms with Crippen LogP contribution >= 0.6 is 11.6 Å². The van der Waals surface area contributed by atoms with Gasteiger partial charge in [-0.1, -0.05) is 39.3 Å². The third-order valence-corrected chi connectivity index (χ3v) is 7.64. The molecule has 1 saturated carbocycles. The molecule has 4 amide bonds. The average molecular weight is 563 g/mol. The van der Waals surface area contributed by atoms with Crippen molar-refractivity contribution in [1.82, 2.24) is 15.5 Å². The van der Waals surface area contributed by atoms with Crippen LogP contribution in [0.25, 0.3) is 0 Å². The third kappa shape index (κ3) is 6.58. The number of amides is 4. The number of likely N-dealkylation sites (tertiary alicyclic amines) is 1. The molecule has 0 radical (unpaired) electrons. The molecular formula is C27H35ClN4O7. The van der Waals surface area contributed by atoms with Gasteiger partial charge in [-0.05, 0) is 48.8 Å². The first-order valence-corrected chi connectivity index (χ1v) is 13.3. The second kappa shape index (κ2) is 11.7. The van der Waals surface area contributed by atoms with Crippen LogP contribution in [-0.4, -0.2) is 70.1 Å². The quantitative estimate of drug-likeness (QED) is 0.318. The van der Waals surface area contributed by atoms with Gasteiger partial charge in [-0.2, -0.15) is 0 Å². The summed E-state index contributed by atoms with van der Waals surface area (Å²) < 4.78 is 0. The van der Waals surface area contributed by atoms with E-state index >= 15 is 0 Å². The Balaban J connectivity index is 1.83. The molecule has 2 fully saturated rings. The molecule has 1 heterocycles. The predicted octanol–water partition coefficient (Wildman–Crippen LogP) is 2.37. The SMILES string of the molecule is CCC(=O)Nc1ccc(C(=O)N[C@H](C(=O)N2C[C@@H]3CC[C@@]2(C(=O)N[C@H](C=O)CC(=O)O)C3)C(C)(C)C)cc1Cl. The van der Waals surface area contributed by atoms with Crippen molar-refractivity contribution in [2.75, 3.05) is 11.9 Å². The number of benzene rings is 1. The smallest absolute Gasteiger partial charge is 0.305 e. The van der Waals surface area contributed by atoms with E-state index in [1.165, 1.54) is 23.1 Å². The van der Waals surface area contributed by atoms with Gasteiger partial charge in [-0.3, -0.25) is 24.0 Å². The lowest BCUT2D eigenvalue weighted by atomic mass is 9.84. The Kier molecular flexibility index (Phi) is 9.05. The number of carboxylic acid groups (broad SMARTS) is 1. The van der Waals surface area contributed by atoms with E-state index in [2.05, 4.69) is 16.0 Å². The molecule has 4 atom stereocenters. The highest BCUT2D eigenvalue weighted by atomic mass is 35.5. The lowest BCUT2D eigenvalue weighted by molar-refractivity contribution is -0.150. The standard InChI is InChI=1S/C27H35ClN4O7/c1-5-20(34)30-19-7-6-16(10-18(19)28)23(37)31-22(26(2,3)4)24(38)32-13-15-8-9-27(32,12-15)25(39)29-17(14-33)11-21(35)36/h6-7,10,14-15,17,22H,5,8-9,11-13H2,1-4H3,(H,29,39)(H,30,34)(H,31,37)(H,35,36)/t15-,17+,22-,27+/m1/s1. The van der Waals surface area contributed by atoms with E-state index in [0.717, 1.165) is 0 Å². The van der Waals surface area contributed by atoms with Crippen LogP contribution in [0.15, 0.2) is 18.2 Å². The van der Waals surface area contributed by atoms with Crippen molar-refractivity contribution in [3.05, 3.63) is 28.8 Å². The number of carbonyl (C=O) groups is 6. The number of rotatable bonds is 10. The fourth-order valence-corrected chi connectivity index (χ4v) is 5.46. The zero-order valence-electron chi connectivity index (χ0n) is 22.5. The number of aldehydes is 1. The van der Waals surface area contributed by atoms with E-state index in [1.54, 1.807) is 27.7 Å². The summed E-state index contributed by atoms with van der Waals surface area (Å²) in [6, 6.07) is 2.19. The van der Waals surface area contributed by atoms with E-state index in [0.29, 0.717) is 37.8 Å². The van der Waals surface area contributed by atoms with Crippen molar-refractivity contribution in [1.29, 1.82) is 0 Å². The van der Waals surface area contributed by atoms with Crippen LogP contribution in [0.4, 0.5) is 5.69 Å². The number of nitrogens with one attached hydrogen (secondary N) is 3. The van der Waals surface area contributed by atoms with Gasteiger partial charge in [0, 0.05) is 18.5 Å². The fourth-order valence-electron chi connectivity index (χ4n) is 5.23. The van der Waals surface area contributed by atoms with E-state index in [9.17, 15) is 28.8 Å². The van der Waals surface area contributed by atoms with E-state index in [1.807, 2.05) is 0 Å². The highest BCUT2D eigenvalue weighted by molar-refractivity contribution is 6.34. The van der Waals surface area contributed by atoms with Crippen LogP contribution in [0.2, 0.25) is 5.02 Å². The average Bonchev–Trinajstić information content (AvgIpc) is 3.46. The highest BCUT2D eigenvalue weighted by Gasteiger charge is 2.59. The number of hydrogen-bond acceptors (Lipinski definition) is 6. The van der Waals surface area contributed by atoms with Gasteiger partial charge in [0.2, 0.25) is 17.7 Å². The third-order valence-electron chi connectivity index (χ3n) is 7.33. The molecule has 1 aliphatic heterocycles. The molecule has 1 aliphatic carbocycles.